The maximum Gasteiger partial charge on any atom is 0.160 e. The number of benzene rings is 6. The summed E-state index contributed by atoms with van der Waals surface area (Å²) in [5, 5.41) is 3.06. The third kappa shape index (κ3) is 4.84. The molecule has 0 bridgehead atoms. The number of rotatable bonds is 5. The van der Waals surface area contributed by atoms with Crippen molar-refractivity contribution in [2.75, 3.05) is 0 Å². The summed E-state index contributed by atoms with van der Waals surface area (Å²) < 4.78 is 6.44. The zero-order valence-corrected chi connectivity index (χ0v) is 25.3. The molecule has 0 spiro atoms. The number of para-hydroxylation sites is 2. The summed E-state index contributed by atoms with van der Waals surface area (Å²) in [6, 6.07) is 56.1. The maximum atomic E-state index is 6.44. The second-order valence-electron chi connectivity index (χ2n) is 11.6. The van der Waals surface area contributed by atoms with Crippen molar-refractivity contribution < 1.29 is 4.42 Å². The molecular formula is C43H27N3O. The lowest BCUT2D eigenvalue weighted by Gasteiger charge is -2.11. The van der Waals surface area contributed by atoms with Gasteiger partial charge < -0.3 is 4.42 Å². The Balaban J connectivity index is 1.21. The lowest BCUT2D eigenvalue weighted by atomic mass is 10.00. The molecule has 0 atom stereocenters. The number of aromatic nitrogens is 3. The van der Waals surface area contributed by atoms with Crippen molar-refractivity contribution in [2.24, 2.45) is 0 Å². The minimum Gasteiger partial charge on any atom is -0.455 e. The first-order valence-corrected chi connectivity index (χ1v) is 15.7. The number of pyridine rings is 1. The molecule has 3 heterocycles. The number of nitrogens with zero attached hydrogens (tertiary/aromatic N) is 3. The molecule has 0 unspecified atom stereocenters. The van der Waals surface area contributed by atoms with Crippen LogP contribution in [-0.4, -0.2) is 15.0 Å². The summed E-state index contributed by atoms with van der Waals surface area (Å²) in [5.41, 5.74) is 11.5. The Hall–Kier alpha value is -6.39. The lowest BCUT2D eigenvalue weighted by molar-refractivity contribution is 0.672. The quantitative estimate of drug-likeness (QED) is 0.197. The highest BCUT2D eigenvalue weighted by atomic mass is 16.3. The molecule has 0 N–H and O–H groups in total. The lowest BCUT2D eigenvalue weighted by Crippen LogP contribution is -1.96. The van der Waals surface area contributed by atoms with Gasteiger partial charge in [0.2, 0.25) is 0 Å². The number of fused-ring (bicyclic) bond motifs is 5. The van der Waals surface area contributed by atoms with Crippen LogP contribution in [0.5, 0.6) is 0 Å². The van der Waals surface area contributed by atoms with Gasteiger partial charge in [-0.15, -0.1) is 0 Å². The van der Waals surface area contributed by atoms with Crippen molar-refractivity contribution in [2.45, 2.75) is 0 Å². The zero-order valence-electron chi connectivity index (χ0n) is 25.3. The molecule has 0 radical (unpaired) electrons. The standard InChI is InChI=1S/C43H27N3O/c1-3-12-28(13-4-1)29-22-24-31(25-23-29)38-27-37(30-14-5-2-6-15-30)45-43(46-38)33-17-11-16-32(26-33)41-40-35-19-8-10-21-39(35)47-42(40)34-18-7-9-20-36(34)44-41/h1-27H. The van der Waals surface area contributed by atoms with E-state index in [1.54, 1.807) is 0 Å². The molecule has 47 heavy (non-hydrogen) atoms. The summed E-state index contributed by atoms with van der Waals surface area (Å²) in [4.78, 5) is 15.4. The molecule has 0 saturated carbocycles. The van der Waals surface area contributed by atoms with Crippen LogP contribution in [0.2, 0.25) is 0 Å². The second-order valence-corrected chi connectivity index (χ2v) is 11.6. The van der Waals surface area contributed by atoms with Crippen LogP contribution in [0.25, 0.3) is 89.1 Å². The van der Waals surface area contributed by atoms with Crippen molar-refractivity contribution in [1.82, 2.24) is 15.0 Å². The van der Waals surface area contributed by atoms with Gasteiger partial charge in [-0.1, -0.05) is 133 Å². The fraction of sp³-hybridized carbons (Fsp3) is 0. The summed E-state index contributed by atoms with van der Waals surface area (Å²) in [5.74, 6) is 0.657. The monoisotopic (exact) mass is 601 g/mol. The highest BCUT2D eigenvalue weighted by Crippen LogP contribution is 2.40. The predicted molar refractivity (Wildman–Crippen MR) is 192 cm³/mol. The molecule has 0 amide bonds. The average molecular weight is 602 g/mol. The minimum atomic E-state index is 0.657. The Bertz CT molecular complexity index is 2550. The molecule has 4 heteroatoms. The van der Waals surface area contributed by atoms with E-state index in [0.29, 0.717) is 5.82 Å². The molecular weight excluding hydrogens is 574 g/mol. The minimum absolute atomic E-state index is 0.657. The van der Waals surface area contributed by atoms with E-state index in [0.717, 1.165) is 72.2 Å². The van der Waals surface area contributed by atoms with Crippen LogP contribution in [0.15, 0.2) is 168 Å². The number of furan rings is 1. The molecule has 0 aliphatic heterocycles. The molecule has 220 valence electrons. The van der Waals surface area contributed by atoms with E-state index in [9.17, 15) is 0 Å². The van der Waals surface area contributed by atoms with Crippen molar-refractivity contribution in [3.8, 4) is 56.3 Å². The smallest absolute Gasteiger partial charge is 0.160 e. The third-order valence-electron chi connectivity index (χ3n) is 8.69. The highest BCUT2D eigenvalue weighted by molar-refractivity contribution is 6.19. The van der Waals surface area contributed by atoms with Gasteiger partial charge >= 0.3 is 0 Å². The van der Waals surface area contributed by atoms with Gasteiger partial charge in [0, 0.05) is 33.0 Å². The normalized spacial score (nSPS) is 11.4. The third-order valence-corrected chi connectivity index (χ3v) is 8.69. The summed E-state index contributed by atoms with van der Waals surface area (Å²) >= 11 is 0. The van der Waals surface area contributed by atoms with Gasteiger partial charge in [0.05, 0.1) is 28.0 Å². The fourth-order valence-corrected chi connectivity index (χ4v) is 6.37. The maximum absolute atomic E-state index is 6.44. The van der Waals surface area contributed by atoms with E-state index < -0.39 is 0 Å². The van der Waals surface area contributed by atoms with E-state index in [1.807, 2.05) is 60.7 Å². The Morgan fingerprint density at radius 3 is 1.70 bits per heavy atom. The topological polar surface area (TPSA) is 51.8 Å². The van der Waals surface area contributed by atoms with Crippen molar-refractivity contribution >= 4 is 32.8 Å². The second kappa shape index (κ2) is 11.2. The van der Waals surface area contributed by atoms with Gasteiger partial charge in [0.15, 0.2) is 5.82 Å². The van der Waals surface area contributed by atoms with Crippen LogP contribution in [0, 0.1) is 0 Å². The summed E-state index contributed by atoms with van der Waals surface area (Å²) in [6.07, 6.45) is 0. The van der Waals surface area contributed by atoms with E-state index in [4.69, 9.17) is 19.4 Å². The molecule has 9 aromatic rings. The van der Waals surface area contributed by atoms with Crippen LogP contribution in [-0.2, 0) is 0 Å². The predicted octanol–water partition coefficient (Wildman–Crippen LogP) is 11.3. The molecule has 3 aromatic heterocycles. The summed E-state index contributed by atoms with van der Waals surface area (Å²) in [6.45, 7) is 0. The van der Waals surface area contributed by atoms with Crippen LogP contribution >= 0.6 is 0 Å². The van der Waals surface area contributed by atoms with Crippen molar-refractivity contribution in [3.63, 3.8) is 0 Å². The molecule has 0 saturated heterocycles. The first kappa shape index (κ1) is 27.0. The molecule has 0 fully saturated rings. The zero-order chi connectivity index (χ0) is 31.2. The van der Waals surface area contributed by atoms with Crippen molar-refractivity contribution in [3.05, 3.63) is 164 Å². The van der Waals surface area contributed by atoms with Crippen LogP contribution in [0.4, 0.5) is 0 Å². The van der Waals surface area contributed by atoms with Gasteiger partial charge in [-0.3, -0.25) is 0 Å². The van der Waals surface area contributed by atoms with E-state index >= 15 is 0 Å². The first-order valence-electron chi connectivity index (χ1n) is 15.7. The van der Waals surface area contributed by atoms with Gasteiger partial charge in [0.1, 0.15) is 11.2 Å². The fourth-order valence-electron chi connectivity index (χ4n) is 6.37. The van der Waals surface area contributed by atoms with E-state index in [1.165, 1.54) is 11.1 Å². The van der Waals surface area contributed by atoms with Crippen LogP contribution < -0.4 is 0 Å². The molecule has 6 aromatic carbocycles. The largest absolute Gasteiger partial charge is 0.455 e. The molecule has 9 rings (SSSR count). The Morgan fingerprint density at radius 1 is 0.383 bits per heavy atom. The number of hydrogen-bond donors (Lipinski definition) is 0. The Morgan fingerprint density at radius 2 is 0.936 bits per heavy atom. The highest BCUT2D eigenvalue weighted by Gasteiger charge is 2.18. The molecule has 0 aliphatic rings. The van der Waals surface area contributed by atoms with Crippen LogP contribution in [0.3, 0.4) is 0 Å². The first-order chi connectivity index (χ1) is 23.3. The number of hydrogen-bond acceptors (Lipinski definition) is 4. The average Bonchev–Trinajstić information content (AvgIpc) is 3.55. The molecule has 4 nitrogen and oxygen atoms in total. The SMILES string of the molecule is c1ccc(-c2ccc(-c3cc(-c4ccccc4)nc(-c4cccc(-c5nc6ccccc6c6oc7ccccc7c56)c4)n3)cc2)cc1. The molecule has 0 aliphatic carbocycles. The summed E-state index contributed by atoms with van der Waals surface area (Å²) in [7, 11) is 0. The van der Waals surface area contributed by atoms with Gasteiger partial charge in [0.25, 0.3) is 0 Å². The van der Waals surface area contributed by atoms with Gasteiger partial charge in [-0.05, 0) is 41.5 Å². The van der Waals surface area contributed by atoms with Gasteiger partial charge in [-0.2, -0.15) is 0 Å². The van der Waals surface area contributed by atoms with Crippen LogP contribution in [0.1, 0.15) is 0 Å². The van der Waals surface area contributed by atoms with Crippen molar-refractivity contribution in [1.29, 1.82) is 0 Å². The van der Waals surface area contributed by atoms with Gasteiger partial charge in [-0.25, -0.2) is 15.0 Å². The van der Waals surface area contributed by atoms with E-state index in [2.05, 4.69) is 103 Å². The Kier molecular flexibility index (Phi) is 6.43. The van der Waals surface area contributed by atoms with E-state index in [-0.39, 0.29) is 0 Å². The Labute approximate surface area is 271 Å².